The van der Waals surface area contributed by atoms with Crippen LogP contribution in [-0.2, 0) is 6.42 Å². The minimum atomic E-state index is -4.36. The molecule has 3 N–H and O–H groups in total. The molecule has 2 aromatic heterocycles. The van der Waals surface area contributed by atoms with E-state index >= 15 is 0 Å². The van der Waals surface area contributed by atoms with Gasteiger partial charge in [-0.25, -0.2) is 9.67 Å². The predicted molar refractivity (Wildman–Crippen MR) is 123 cm³/mol. The Bertz CT molecular complexity index is 1210. The lowest BCUT2D eigenvalue weighted by atomic mass is 10.0. The Hall–Kier alpha value is -3.76. The fourth-order valence-electron chi connectivity index (χ4n) is 3.71. The van der Waals surface area contributed by atoms with E-state index in [2.05, 4.69) is 26.0 Å². The van der Waals surface area contributed by atoms with Crippen molar-refractivity contribution in [1.82, 2.24) is 14.8 Å². The third kappa shape index (κ3) is 5.41. The summed E-state index contributed by atoms with van der Waals surface area (Å²) in [5.74, 6) is 0.422. The molecule has 0 saturated heterocycles. The Morgan fingerprint density at radius 2 is 1.97 bits per heavy atom. The summed E-state index contributed by atoms with van der Waals surface area (Å²) >= 11 is 0. The lowest BCUT2D eigenvalue weighted by molar-refractivity contribution is -0.115. The number of carbonyl (C=O) groups is 1. The molecule has 1 aliphatic rings. The Balaban J connectivity index is 1.52. The second-order valence-electron chi connectivity index (χ2n) is 8.54. The van der Waals surface area contributed by atoms with Gasteiger partial charge in [0.15, 0.2) is 5.69 Å². The van der Waals surface area contributed by atoms with E-state index < -0.39 is 18.6 Å². The summed E-state index contributed by atoms with van der Waals surface area (Å²) in [4.78, 5) is 16.8. The maximum absolute atomic E-state index is 12.9. The van der Waals surface area contributed by atoms with Crippen molar-refractivity contribution in [2.24, 2.45) is 0 Å². The van der Waals surface area contributed by atoms with Gasteiger partial charge in [-0.15, -0.1) is 0 Å². The molecule has 180 valence electrons. The predicted octanol–water partition coefficient (Wildman–Crippen LogP) is 4.64. The number of fused-ring (bicyclic) bond motifs is 1. The number of rotatable bonds is 7. The van der Waals surface area contributed by atoms with Gasteiger partial charge < -0.3 is 20.7 Å². The number of ether oxygens (including phenoxy) is 1. The highest BCUT2D eigenvalue weighted by Crippen LogP contribution is 2.40. The number of carbonyl (C=O) groups excluding carboxylic acids is 1. The van der Waals surface area contributed by atoms with Gasteiger partial charge in [-0.3, -0.25) is 4.79 Å². The summed E-state index contributed by atoms with van der Waals surface area (Å²) in [6.07, 6.45) is -0.715. The average Bonchev–Trinajstić information content (AvgIpc) is 3.36. The lowest BCUT2D eigenvalue weighted by Gasteiger charge is -2.17. The second kappa shape index (κ2) is 8.88. The first-order chi connectivity index (χ1) is 16.0. The second-order valence-corrected chi connectivity index (χ2v) is 8.54. The van der Waals surface area contributed by atoms with Crippen LogP contribution in [0.25, 0.3) is 5.69 Å². The Morgan fingerprint density at radius 1 is 1.18 bits per heavy atom. The minimum Gasteiger partial charge on any atom is -0.487 e. The minimum absolute atomic E-state index is 0.0508. The molecule has 8 nitrogen and oxygen atoms in total. The zero-order valence-electron chi connectivity index (χ0n) is 19.0. The molecule has 0 spiro atoms. The number of pyridine rings is 1. The van der Waals surface area contributed by atoms with Crippen molar-refractivity contribution in [1.29, 1.82) is 0 Å². The number of nitrogens with zero attached hydrogens (tertiary/aromatic N) is 3. The number of benzene rings is 1. The maximum Gasteiger partial charge on any atom is 0.405 e. The fourth-order valence-corrected chi connectivity index (χ4v) is 3.71. The molecule has 1 aromatic carbocycles. The van der Waals surface area contributed by atoms with Crippen LogP contribution in [0.3, 0.4) is 0 Å². The highest BCUT2D eigenvalue weighted by molar-refractivity contribution is 6.04. The van der Waals surface area contributed by atoms with Crippen molar-refractivity contribution in [3.8, 4) is 11.4 Å². The molecule has 0 fully saturated rings. The standard InChI is InChI=1S/C23H25F3N6O2/c1-4-27-17-11-19-14(12-22(2,3)34-19)9-18(17)30-21(33)16-6-8-32(31-16)15-5-7-28-20(10-15)29-13-23(24,25)26/h5-11,27H,4,12-13H2,1-3H3,(H,28,29)(H,30,33). The smallest absolute Gasteiger partial charge is 0.405 e. The van der Waals surface area contributed by atoms with E-state index in [4.69, 9.17) is 4.74 Å². The number of hydrogen-bond donors (Lipinski definition) is 3. The summed E-state index contributed by atoms with van der Waals surface area (Å²) in [5, 5.41) is 12.6. The molecule has 3 heterocycles. The molecule has 0 aliphatic carbocycles. The van der Waals surface area contributed by atoms with Crippen molar-refractivity contribution < 1.29 is 22.7 Å². The highest BCUT2D eigenvalue weighted by Gasteiger charge is 2.31. The molecule has 1 amide bonds. The van der Waals surface area contributed by atoms with E-state index in [1.54, 1.807) is 12.3 Å². The van der Waals surface area contributed by atoms with Gasteiger partial charge in [-0.05, 0) is 39.0 Å². The quantitative estimate of drug-likeness (QED) is 0.462. The van der Waals surface area contributed by atoms with Crippen molar-refractivity contribution in [2.75, 3.05) is 29.0 Å². The third-order valence-electron chi connectivity index (χ3n) is 5.12. The normalized spacial score (nSPS) is 14.3. The molecule has 0 radical (unpaired) electrons. The SMILES string of the molecule is CCNc1cc2c(cc1NC(=O)c1ccn(-c3ccnc(NCC(F)(F)F)c3)n1)CC(C)(C)O2. The zero-order chi connectivity index (χ0) is 24.5. The van der Waals surface area contributed by atoms with Crippen molar-refractivity contribution in [3.63, 3.8) is 0 Å². The largest absolute Gasteiger partial charge is 0.487 e. The van der Waals surface area contributed by atoms with Crippen LogP contribution < -0.4 is 20.7 Å². The molecular weight excluding hydrogens is 449 g/mol. The van der Waals surface area contributed by atoms with Crippen LogP contribution in [-0.4, -0.2) is 45.5 Å². The monoisotopic (exact) mass is 474 g/mol. The first-order valence-corrected chi connectivity index (χ1v) is 10.8. The molecule has 0 atom stereocenters. The van der Waals surface area contributed by atoms with Crippen LogP contribution >= 0.6 is 0 Å². The molecule has 11 heteroatoms. The number of alkyl halides is 3. The van der Waals surface area contributed by atoms with E-state index in [0.29, 0.717) is 17.9 Å². The Kier molecular flexibility index (Phi) is 6.11. The topological polar surface area (TPSA) is 93.1 Å². The summed E-state index contributed by atoms with van der Waals surface area (Å²) in [6, 6.07) is 8.32. The van der Waals surface area contributed by atoms with Gasteiger partial charge in [0.1, 0.15) is 23.7 Å². The van der Waals surface area contributed by atoms with Gasteiger partial charge >= 0.3 is 6.18 Å². The molecule has 0 unspecified atom stereocenters. The number of aromatic nitrogens is 3. The van der Waals surface area contributed by atoms with E-state index in [1.165, 1.54) is 23.0 Å². The molecule has 3 aromatic rings. The van der Waals surface area contributed by atoms with E-state index in [0.717, 1.165) is 23.4 Å². The Morgan fingerprint density at radius 3 is 2.71 bits per heavy atom. The van der Waals surface area contributed by atoms with Crippen molar-refractivity contribution in [2.45, 2.75) is 39.0 Å². The molecule has 0 saturated carbocycles. The molecule has 0 bridgehead atoms. The summed E-state index contributed by atoms with van der Waals surface area (Å²) in [7, 11) is 0. The molecule has 34 heavy (non-hydrogen) atoms. The van der Waals surface area contributed by atoms with Crippen LogP contribution in [0.1, 0.15) is 36.8 Å². The van der Waals surface area contributed by atoms with E-state index in [-0.39, 0.29) is 17.1 Å². The summed E-state index contributed by atoms with van der Waals surface area (Å²) in [5.41, 5.74) is 2.66. The van der Waals surface area contributed by atoms with Crippen LogP contribution in [0.4, 0.5) is 30.4 Å². The number of amides is 1. The number of halogens is 3. The van der Waals surface area contributed by atoms with Gasteiger partial charge in [0.05, 0.1) is 17.1 Å². The molecule has 4 rings (SSSR count). The third-order valence-corrected chi connectivity index (χ3v) is 5.12. The van der Waals surface area contributed by atoms with Gasteiger partial charge in [-0.1, -0.05) is 0 Å². The first kappa shape index (κ1) is 23.4. The number of nitrogens with one attached hydrogen (secondary N) is 3. The van der Waals surface area contributed by atoms with Crippen molar-refractivity contribution in [3.05, 3.63) is 54.0 Å². The van der Waals surface area contributed by atoms with Gasteiger partial charge in [-0.2, -0.15) is 18.3 Å². The van der Waals surface area contributed by atoms with Crippen molar-refractivity contribution >= 4 is 23.1 Å². The zero-order valence-corrected chi connectivity index (χ0v) is 19.0. The van der Waals surface area contributed by atoms with E-state index in [9.17, 15) is 18.0 Å². The van der Waals surface area contributed by atoms with Crippen LogP contribution in [0.2, 0.25) is 0 Å². The van der Waals surface area contributed by atoms with E-state index in [1.807, 2.05) is 32.9 Å². The average molecular weight is 474 g/mol. The lowest BCUT2D eigenvalue weighted by Crippen LogP contribution is -2.24. The van der Waals surface area contributed by atoms with Gasteiger partial charge in [0, 0.05) is 43.1 Å². The fraction of sp³-hybridized carbons (Fsp3) is 0.348. The van der Waals surface area contributed by atoms with Crippen LogP contribution in [0.5, 0.6) is 5.75 Å². The van der Waals surface area contributed by atoms with Gasteiger partial charge in [0.2, 0.25) is 0 Å². The van der Waals surface area contributed by atoms with Crippen LogP contribution in [0, 0.1) is 0 Å². The van der Waals surface area contributed by atoms with Crippen LogP contribution in [0.15, 0.2) is 42.7 Å². The maximum atomic E-state index is 12.9. The Labute approximate surface area is 194 Å². The van der Waals surface area contributed by atoms with Gasteiger partial charge in [0.25, 0.3) is 5.91 Å². The highest BCUT2D eigenvalue weighted by atomic mass is 19.4. The first-order valence-electron chi connectivity index (χ1n) is 10.8. The number of hydrogen-bond acceptors (Lipinski definition) is 6. The molecule has 1 aliphatic heterocycles. The summed E-state index contributed by atoms with van der Waals surface area (Å²) < 4.78 is 44.8. The molecular formula is C23H25F3N6O2. The number of anilines is 3. The summed E-state index contributed by atoms with van der Waals surface area (Å²) in [6.45, 7) is 5.43.